The Labute approximate surface area is 120 Å². The van der Waals surface area contributed by atoms with Crippen molar-refractivity contribution in [2.75, 3.05) is 19.9 Å². The monoisotopic (exact) mass is 276 g/mol. The van der Waals surface area contributed by atoms with E-state index in [1.54, 1.807) is 0 Å². The summed E-state index contributed by atoms with van der Waals surface area (Å²) in [5, 5.41) is 0. The summed E-state index contributed by atoms with van der Waals surface area (Å²) >= 11 is 0. The molecule has 20 heavy (non-hydrogen) atoms. The fourth-order valence-corrected chi connectivity index (χ4v) is 3.47. The maximum atomic E-state index is 6.06. The van der Waals surface area contributed by atoms with Crippen molar-refractivity contribution < 1.29 is 9.47 Å². The first-order valence-corrected chi connectivity index (χ1v) is 7.54. The Morgan fingerprint density at radius 3 is 2.85 bits per heavy atom. The van der Waals surface area contributed by atoms with E-state index in [1.165, 1.54) is 18.4 Å². The van der Waals surface area contributed by atoms with Crippen molar-refractivity contribution in [2.45, 2.75) is 38.8 Å². The largest absolute Gasteiger partial charge is 0.454 e. The standard InChI is InChI=1S/C16H24N2O2/c1-11-5-6-18(12(2)7-11)14(9-17)13-3-4-15-16(8-13)20-10-19-15/h3-4,8,11-12,14H,5-7,9-10,17H2,1-2H3. The van der Waals surface area contributed by atoms with Crippen LogP contribution in [0.2, 0.25) is 0 Å². The predicted octanol–water partition coefficient (Wildman–Crippen LogP) is 2.54. The number of hydrogen-bond donors (Lipinski definition) is 1. The zero-order valence-electron chi connectivity index (χ0n) is 12.3. The number of fused-ring (bicyclic) bond motifs is 1. The average molecular weight is 276 g/mol. The molecule has 1 aromatic carbocycles. The highest BCUT2D eigenvalue weighted by Crippen LogP contribution is 2.37. The summed E-state index contributed by atoms with van der Waals surface area (Å²) < 4.78 is 10.9. The van der Waals surface area contributed by atoms with Crippen LogP contribution in [0.1, 0.15) is 38.3 Å². The number of piperidine rings is 1. The normalized spacial score (nSPS) is 27.6. The van der Waals surface area contributed by atoms with Gasteiger partial charge in [-0.25, -0.2) is 0 Å². The zero-order valence-corrected chi connectivity index (χ0v) is 12.3. The molecule has 2 N–H and O–H groups in total. The van der Waals surface area contributed by atoms with Crippen molar-refractivity contribution >= 4 is 0 Å². The SMILES string of the molecule is CC1CCN(C(CN)c2ccc3c(c2)OCO3)C(C)C1. The number of nitrogens with two attached hydrogens (primary N) is 1. The van der Waals surface area contributed by atoms with Gasteiger partial charge in [-0.05, 0) is 49.9 Å². The van der Waals surface area contributed by atoms with E-state index in [4.69, 9.17) is 15.2 Å². The summed E-state index contributed by atoms with van der Waals surface area (Å²) in [4.78, 5) is 2.54. The van der Waals surface area contributed by atoms with Crippen molar-refractivity contribution in [2.24, 2.45) is 11.7 Å². The Morgan fingerprint density at radius 1 is 1.30 bits per heavy atom. The average Bonchev–Trinajstić information content (AvgIpc) is 2.89. The molecule has 1 fully saturated rings. The van der Waals surface area contributed by atoms with Gasteiger partial charge in [-0.3, -0.25) is 4.90 Å². The van der Waals surface area contributed by atoms with E-state index in [2.05, 4.69) is 30.9 Å². The molecule has 1 aromatic rings. The van der Waals surface area contributed by atoms with Crippen molar-refractivity contribution in [1.29, 1.82) is 0 Å². The fourth-order valence-electron chi connectivity index (χ4n) is 3.47. The van der Waals surface area contributed by atoms with Gasteiger partial charge in [0, 0.05) is 18.6 Å². The third-order valence-electron chi connectivity index (χ3n) is 4.59. The molecule has 3 unspecified atom stereocenters. The Kier molecular flexibility index (Phi) is 3.85. The molecule has 1 saturated heterocycles. The van der Waals surface area contributed by atoms with E-state index in [9.17, 15) is 0 Å². The molecule has 0 saturated carbocycles. The minimum atomic E-state index is 0.270. The number of ether oxygens (including phenoxy) is 2. The third kappa shape index (κ3) is 2.50. The van der Waals surface area contributed by atoms with Gasteiger partial charge in [0.2, 0.25) is 6.79 Å². The predicted molar refractivity (Wildman–Crippen MR) is 78.9 cm³/mol. The fraction of sp³-hybridized carbons (Fsp3) is 0.625. The highest BCUT2D eigenvalue weighted by atomic mass is 16.7. The van der Waals surface area contributed by atoms with E-state index in [0.717, 1.165) is 24.0 Å². The van der Waals surface area contributed by atoms with Crippen LogP contribution in [0.3, 0.4) is 0 Å². The molecule has 3 atom stereocenters. The Morgan fingerprint density at radius 2 is 2.10 bits per heavy atom. The van der Waals surface area contributed by atoms with E-state index >= 15 is 0 Å². The van der Waals surface area contributed by atoms with Crippen molar-refractivity contribution in [3.05, 3.63) is 23.8 Å². The van der Waals surface area contributed by atoms with E-state index in [1.807, 2.05) is 6.07 Å². The molecule has 0 spiro atoms. The Hall–Kier alpha value is -1.26. The van der Waals surface area contributed by atoms with Crippen LogP contribution >= 0.6 is 0 Å². The summed E-state index contributed by atoms with van der Waals surface area (Å²) in [5.74, 6) is 2.50. The number of nitrogens with zero attached hydrogens (tertiary/aromatic N) is 1. The first-order chi connectivity index (χ1) is 9.69. The van der Waals surface area contributed by atoms with E-state index in [0.29, 0.717) is 19.4 Å². The molecule has 3 rings (SSSR count). The van der Waals surface area contributed by atoms with Crippen molar-refractivity contribution in [1.82, 2.24) is 4.90 Å². The molecule has 2 aliphatic heterocycles. The number of rotatable bonds is 3. The summed E-state index contributed by atoms with van der Waals surface area (Å²) in [7, 11) is 0. The molecule has 2 aliphatic rings. The number of hydrogen-bond acceptors (Lipinski definition) is 4. The minimum Gasteiger partial charge on any atom is -0.454 e. The molecule has 0 amide bonds. The van der Waals surface area contributed by atoms with Crippen LogP contribution in [0.5, 0.6) is 11.5 Å². The Balaban J connectivity index is 1.82. The van der Waals surface area contributed by atoms with Crippen LogP contribution in [-0.2, 0) is 0 Å². The van der Waals surface area contributed by atoms with Gasteiger partial charge in [0.15, 0.2) is 11.5 Å². The van der Waals surface area contributed by atoms with Crippen LogP contribution in [-0.4, -0.2) is 30.8 Å². The van der Waals surface area contributed by atoms with Gasteiger partial charge in [0.05, 0.1) is 0 Å². The van der Waals surface area contributed by atoms with Crippen LogP contribution in [0.15, 0.2) is 18.2 Å². The van der Waals surface area contributed by atoms with E-state index in [-0.39, 0.29) is 6.04 Å². The van der Waals surface area contributed by atoms with Gasteiger partial charge in [-0.2, -0.15) is 0 Å². The summed E-state index contributed by atoms with van der Waals surface area (Å²) in [6.45, 7) is 6.73. The second-order valence-electron chi connectivity index (χ2n) is 6.08. The molecular weight excluding hydrogens is 252 g/mol. The first kappa shape index (κ1) is 13.7. The summed E-state index contributed by atoms with van der Waals surface area (Å²) in [6.07, 6.45) is 2.51. The van der Waals surface area contributed by atoms with Crippen LogP contribution in [0.4, 0.5) is 0 Å². The molecular formula is C16H24N2O2. The van der Waals surface area contributed by atoms with Gasteiger partial charge in [-0.15, -0.1) is 0 Å². The lowest BCUT2D eigenvalue weighted by Crippen LogP contribution is -2.44. The lowest BCUT2D eigenvalue weighted by atomic mass is 9.90. The quantitative estimate of drug-likeness (QED) is 0.921. The molecule has 0 aromatic heterocycles. The molecule has 0 aliphatic carbocycles. The maximum Gasteiger partial charge on any atom is 0.231 e. The van der Waals surface area contributed by atoms with E-state index < -0.39 is 0 Å². The number of benzene rings is 1. The van der Waals surface area contributed by atoms with Crippen LogP contribution in [0.25, 0.3) is 0 Å². The molecule has 4 nitrogen and oxygen atoms in total. The van der Waals surface area contributed by atoms with Gasteiger partial charge in [-0.1, -0.05) is 13.0 Å². The second-order valence-corrected chi connectivity index (χ2v) is 6.08. The highest BCUT2D eigenvalue weighted by molar-refractivity contribution is 5.45. The minimum absolute atomic E-state index is 0.270. The van der Waals surface area contributed by atoms with Crippen molar-refractivity contribution in [3.63, 3.8) is 0 Å². The summed E-state index contributed by atoms with van der Waals surface area (Å²) in [5.41, 5.74) is 7.30. The van der Waals surface area contributed by atoms with Crippen molar-refractivity contribution in [3.8, 4) is 11.5 Å². The van der Waals surface area contributed by atoms with Crippen LogP contribution < -0.4 is 15.2 Å². The Bertz CT molecular complexity index is 478. The summed E-state index contributed by atoms with van der Waals surface area (Å²) in [6, 6.07) is 7.06. The molecule has 0 bridgehead atoms. The molecule has 0 radical (unpaired) electrons. The van der Waals surface area contributed by atoms with Crippen LogP contribution in [0, 0.1) is 5.92 Å². The molecule has 2 heterocycles. The van der Waals surface area contributed by atoms with Gasteiger partial charge in [0.25, 0.3) is 0 Å². The second kappa shape index (κ2) is 5.62. The first-order valence-electron chi connectivity index (χ1n) is 7.54. The molecule has 110 valence electrons. The van der Waals surface area contributed by atoms with Gasteiger partial charge in [0.1, 0.15) is 0 Å². The third-order valence-corrected chi connectivity index (χ3v) is 4.59. The highest BCUT2D eigenvalue weighted by Gasteiger charge is 2.29. The van der Waals surface area contributed by atoms with Gasteiger partial charge < -0.3 is 15.2 Å². The topological polar surface area (TPSA) is 47.7 Å². The zero-order chi connectivity index (χ0) is 14.1. The van der Waals surface area contributed by atoms with Gasteiger partial charge >= 0.3 is 0 Å². The maximum absolute atomic E-state index is 6.06. The number of likely N-dealkylation sites (tertiary alicyclic amines) is 1. The smallest absolute Gasteiger partial charge is 0.231 e. The lowest BCUT2D eigenvalue weighted by Gasteiger charge is -2.41. The molecule has 4 heteroatoms. The lowest BCUT2D eigenvalue weighted by molar-refractivity contribution is 0.0846.